The van der Waals surface area contributed by atoms with Crippen LogP contribution in [0.25, 0.3) is 0 Å². The van der Waals surface area contributed by atoms with Gasteiger partial charge in [0.25, 0.3) is 0 Å². The third-order valence-corrected chi connectivity index (χ3v) is 5.27. The highest BCUT2D eigenvalue weighted by Gasteiger charge is 2.24. The fraction of sp³-hybridized carbons (Fsp3) is 0.650. The van der Waals surface area contributed by atoms with Crippen LogP contribution >= 0.6 is 0 Å². The number of piperidine rings is 1. The predicted molar refractivity (Wildman–Crippen MR) is 102 cm³/mol. The highest BCUT2D eigenvalue weighted by atomic mass is 16.2. The van der Waals surface area contributed by atoms with E-state index in [-0.39, 0.29) is 17.6 Å². The van der Waals surface area contributed by atoms with E-state index in [9.17, 15) is 9.59 Å². The molecule has 1 aromatic heterocycles. The lowest BCUT2D eigenvalue weighted by Gasteiger charge is -2.30. The van der Waals surface area contributed by atoms with Crippen molar-refractivity contribution in [1.29, 1.82) is 0 Å². The van der Waals surface area contributed by atoms with Gasteiger partial charge in [-0.25, -0.2) is 4.98 Å². The molecule has 142 valence electrons. The lowest BCUT2D eigenvalue weighted by molar-refractivity contribution is -0.126. The van der Waals surface area contributed by atoms with Gasteiger partial charge in [-0.2, -0.15) is 0 Å². The summed E-state index contributed by atoms with van der Waals surface area (Å²) in [4.78, 5) is 30.3. The Balaban J connectivity index is 1.35. The van der Waals surface area contributed by atoms with Gasteiger partial charge in [-0.3, -0.25) is 14.5 Å². The molecule has 3 rings (SSSR count). The van der Waals surface area contributed by atoms with Crippen molar-refractivity contribution in [2.24, 2.45) is 5.92 Å². The fourth-order valence-corrected chi connectivity index (χ4v) is 3.80. The number of likely N-dealkylation sites (tertiary alicyclic amines) is 1. The molecule has 0 atom stereocenters. The molecule has 1 fully saturated rings. The second-order valence-corrected chi connectivity index (χ2v) is 7.49. The SMILES string of the molecule is CC(=O)CN1CCC(C(=O)NCCCc2ccc3c(n2)NCCC3)CC1. The molecule has 1 aromatic rings. The van der Waals surface area contributed by atoms with Gasteiger partial charge in [-0.1, -0.05) is 6.07 Å². The Morgan fingerprint density at radius 1 is 1.31 bits per heavy atom. The quantitative estimate of drug-likeness (QED) is 0.727. The van der Waals surface area contributed by atoms with E-state index in [0.717, 1.165) is 63.3 Å². The number of aromatic nitrogens is 1. The van der Waals surface area contributed by atoms with Gasteiger partial charge in [0.15, 0.2) is 0 Å². The molecule has 3 heterocycles. The first kappa shape index (κ1) is 18.8. The van der Waals surface area contributed by atoms with Crippen LogP contribution in [0, 0.1) is 5.92 Å². The molecule has 26 heavy (non-hydrogen) atoms. The summed E-state index contributed by atoms with van der Waals surface area (Å²) in [7, 11) is 0. The van der Waals surface area contributed by atoms with Gasteiger partial charge in [-0.05, 0) is 70.2 Å². The van der Waals surface area contributed by atoms with Crippen LogP contribution in [-0.4, -0.2) is 54.3 Å². The van der Waals surface area contributed by atoms with Crippen molar-refractivity contribution >= 4 is 17.5 Å². The molecular formula is C20H30N4O2. The molecule has 6 heteroatoms. The van der Waals surface area contributed by atoms with Gasteiger partial charge >= 0.3 is 0 Å². The monoisotopic (exact) mass is 358 g/mol. The minimum atomic E-state index is 0.0873. The molecule has 0 radical (unpaired) electrons. The van der Waals surface area contributed by atoms with E-state index < -0.39 is 0 Å². The van der Waals surface area contributed by atoms with Crippen molar-refractivity contribution in [3.05, 3.63) is 23.4 Å². The van der Waals surface area contributed by atoms with Crippen molar-refractivity contribution in [1.82, 2.24) is 15.2 Å². The van der Waals surface area contributed by atoms with Crippen LogP contribution in [-0.2, 0) is 22.4 Å². The van der Waals surface area contributed by atoms with Gasteiger partial charge in [0.1, 0.15) is 11.6 Å². The highest BCUT2D eigenvalue weighted by molar-refractivity contribution is 5.79. The summed E-state index contributed by atoms with van der Waals surface area (Å²) in [6.45, 7) is 5.50. The number of fused-ring (bicyclic) bond motifs is 1. The number of carbonyl (C=O) groups is 2. The largest absolute Gasteiger partial charge is 0.370 e. The molecule has 0 saturated carbocycles. The van der Waals surface area contributed by atoms with Crippen molar-refractivity contribution in [3.63, 3.8) is 0 Å². The number of amides is 1. The molecule has 0 aromatic carbocycles. The molecule has 6 nitrogen and oxygen atoms in total. The average molecular weight is 358 g/mol. The topological polar surface area (TPSA) is 74.3 Å². The lowest BCUT2D eigenvalue weighted by Crippen LogP contribution is -2.42. The van der Waals surface area contributed by atoms with Crippen LogP contribution in [0.1, 0.15) is 43.9 Å². The molecule has 0 spiro atoms. The maximum atomic E-state index is 12.3. The molecule has 0 aliphatic carbocycles. The number of Topliss-reactive ketones (excluding diaryl/α,β-unsaturated/α-hetero) is 1. The van der Waals surface area contributed by atoms with Crippen LogP contribution in [0.2, 0.25) is 0 Å². The van der Waals surface area contributed by atoms with Gasteiger partial charge in [0.2, 0.25) is 5.91 Å². The maximum Gasteiger partial charge on any atom is 0.223 e. The van der Waals surface area contributed by atoms with Crippen LogP contribution in [0.4, 0.5) is 5.82 Å². The Morgan fingerprint density at radius 2 is 2.12 bits per heavy atom. The third kappa shape index (κ3) is 5.27. The Morgan fingerprint density at radius 3 is 2.88 bits per heavy atom. The van der Waals surface area contributed by atoms with Crippen LogP contribution in [0.5, 0.6) is 0 Å². The summed E-state index contributed by atoms with van der Waals surface area (Å²) in [6, 6.07) is 4.29. The van der Waals surface area contributed by atoms with Crippen LogP contribution < -0.4 is 10.6 Å². The van der Waals surface area contributed by atoms with Crippen LogP contribution in [0.15, 0.2) is 12.1 Å². The summed E-state index contributed by atoms with van der Waals surface area (Å²) in [6.07, 6.45) is 5.76. The second kappa shape index (κ2) is 9.12. The molecule has 1 amide bonds. The Kier molecular flexibility index (Phi) is 6.61. The number of pyridine rings is 1. The fourth-order valence-electron chi connectivity index (χ4n) is 3.80. The van der Waals surface area contributed by atoms with Crippen LogP contribution in [0.3, 0.4) is 0 Å². The minimum Gasteiger partial charge on any atom is -0.370 e. The zero-order chi connectivity index (χ0) is 18.4. The normalized spacial score (nSPS) is 18.0. The summed E-state index contributed by atoms with van der Waals surface area (Å²) in [5.74, 6) is 1.48. The molecule has 2 aliphatic heterocycles. The lowest BCUT2D eigenvalue weighted by atomic mass is 9.95. The molecular weight excluding hydrogens is 328 g/mol. The van der Waals surface area contributed by atoms with E-state index in [1.807, 2.05) is 0 Å². The Hall–Kier alpha value is -1.95. The molecule has 0 unspecified atom stereocenters. The molecule has 2 aliphatic rings. The van der Waals surface area contributed by atoms with E-state index in [4.69, 9.17) is 4.98 Å². The highest BCUT2D eigenvalue weighted by Crippen LogP contribution is 2.20. The number of nitrogens with one attached hydrogen (secondary N) is 2. The van der Waals surface area contributed by atoms with Crippen molar-refractivity contribution in [2.45, 2.75) is 45.4 Å². The standard InChI is InChI=1S/C20H30N4O2/c1-15(25)14-24-12-8-17(9-13-24)20(26)22-11-3-5-18-7-6-16-4-2-10-21-19(16)23-18/h6-7,17H,2-5,8-14H2,1H3,(H,21,23)(H,22,26). The zero-order valence-corrected chi connectivity index (χ0v) is 15.7. The number of anilines is 1. The summed E-state index contributed by atoms with van der Waals surface area (Å²) >= 11 is 0. The van der Waals surface area contributed by atoms with E-state index >= 15 is 0 Å². The van der Waals surface area contributed by atoms with Gasteiger partial charge in [0.05, 0.1) is 6.54 Å². The smallest absolute Gasteiger partial charge is 0.223 e. The molecule has 0 bridgehead atoms. The first-order valence-electron chi connectivity index (χ1n) is 9.84. The van der Waals surface area contributed by atoms with Crippen molar-refractivity contribution in [2.75, 3.05) is 38.0 Å². The second-order valence-electron chi connectivity index (χ2n) is 7.49. The Bertz CT molecular complexity index is 639. The number of nitrogens with zero attached hydrogens (tertiary/aromatic N) is 2. The summed E-state index contributed by atoms with van der Waals surface area (Å²) < 4.78 is 0. The zero-order valence-electron chi connectivity index (χ0n) is 15.7. The van der Waals surface area contributed by atoms with Crippen molar-refractivity contribution < 1.29 is 9.59 Å². The number of carbonyl (C=O) groups excluding carboxylic acids is 2. The van der Waals surface area contributed by atoms with Crippen molar-refractivity contribution in [3.8, 4) is 0 Å². The minimum absolute atomic E-state index is 0.0873. The van der Waals surface area contributed by atoms with Gasteiger partial charge < -0.3 is 10.6 Å². The van der Waals surface area contributed by atoms with E-state index in [1.165, 1.54) is 12.0 Å². The molecule has 1 saturated heterocycles. The summed E-state index contributed by atoms with van der Waals surface area (Å²) in [5.41, 5.74) is 2.40. The first-order valence-corrected chi connectivity index (χ1v) is 9.84. The predicted octanol–water partition coefficient (Wildman–Crippen LogP) is 1.79. The molecule has 2 N–H and O–H groups in total. The number of ketones is 1. The number of hydrogen-bond acceptors (Lipinski definition) is 5. The van der Waals surface area contributed by atoms with E-state index in [0.29, 0.717) is 13.1 Å². The average Bonchev–Trinajstić information content (AvgIpc) is 2.65. The first-order chi connectivity index (χ1) is 12.6. The van der Waals surface area contributed by atoms with E-state index in [1.54, 1.807) is 6.92 Å². The Labute approximate surface area is 155 Å². The number of rotatable bonds is 7. The number of aryl methyl sites for hydroxylation is 2. The third-order valence-electron chi connectivity index (χ3n) is 5.27. The summed E-state index contributed by atoms with van der Waals surface area (Å²) in [5, 5.41) is 6.44. The van der Waals surface area contributed by atoms with E-state index in [2.05, 4.69) is 27.7 Å². The van der Waals surface area contributed by atoms with Gasteiger partial charge in [0, 0.05) is 24.7 Å². The number of hydrogen-bond donors (Lipinski definition) is 2. The van der Waals surface area contributed by atoms with Gasteiger partial charge in [-0.15, -0.1) is 0 Å². The maximum absolute atomic E-state index is 12.3.